The molecule has 0 unspecified atom stereocenters. The van der Waals surface area contributed by atoms with Crippen LogP contribution in [-0.2, 0) is 59.2 Å². The lowest BCUT2D eigenvalue weighted by Crippen LogP contribution is -2.59. The summed E-state index contributed by atoms with van der Waals surface area (Å²) in [7, 11) is 1.87. The number of nitrogens with two attached hydrogens (primary N) is 3. The molecule has 0 saturated carbocycles. The molecular formula is C40H61N13O12S3. The Kier molecular flexibility index (Phi) is 26.9. The quantitative estimate of drug-likeness (QED) is 0.0212. The van der Waals surface area contributed by atoms with Crippen LogP contribution in [0.5, 0.6) is 0 Å². The largest absolute Gasteiger partial charge is 0.481 e. The molecule has 28 heteroatoms. The number of hydrogen-bond acceptors (Lipinski definition) is 15. The normalized spacial score (nSPS) is 19.1. The molecule has 0 aliphatic carbocycles. The molecule has 2 rings (SSSR count). The van der Waals surface area contributed by atoms with Crippen molar-refractivity contribution in [2.75, 3.05) is 49.7 Å². The molecule has 376 valence electrons. The molecule has 1 aromatic rings. The number of rotatable bonds is 23. The lowest BCUT2D eigenvalue weighted by Gasteiger charge is -2.26. The average Bonchev–Trinajstić information content (AvgIpc) is 3.27. The number of aliphatic imine (C=N–C) groups is 1. The fraction of sp³-hybridized carbons (Fsp3) is 0.550. The second-order valence-electron chi connectivity index (χ2n) is 15.1. The van der Waals surface area contributed by atoms with Crippen LogP contribution in [0.15, 0.2) is 35.3 Å². The van der Waals surface area contributed by atoms with E-state index < -0.39 is 115 Å². The summed E-state index contributed by atoms with van der Waals surface area (Å²) in [6.07, 6.45) is 1.69. The Morgan fingerprint density at radius 1 is 0.838 bits per heavy atom. The van der Waals surface area contributed by atoms with Gasteiger partial charge >= 0.3 is 5.97 Å². The van der Waals surface area contributed by atoms with E-state index in [2.05, 4.69) is 52.8 Å². The number of amides is 10. The number of primary amides is 1. The van der Waals surface area contributed by atoms with E-state index in [1.54, 1.807) is 36.6 Å². The van der Waals surface area contributed by atoms with Crippen molar-refractivity contribution in [3.8, 4) is 0 Å². The number of nitrogens with one attached hydrogen (secondary N) is 9. The van der Waals surface area contributed by atoms with Gasteiger partial charge in [0.25, 0.3) is 0 Å². The van der Waals surface area contributed by atoms with Crippen molar-refractivity contribution in [2.24, 2.45) is 22.2 Å². The number of aliphatic carboxylic acids is 1. The zero-order chi connectivity index (χ0) is 50.6. The molecule has 0 spiro atoms. The van der Waals surface area contributed by atoms with Crippen LogP contribution in [0.4, 0.5) is 0 Å². The molecule has 1 heterocycles. The number of hydrogen-bond donors (Lipinski definition) is 13. The fourth-order valence-electron chi connectivity index (χ4n) is 6.11. The van der Waals surface area contributed by atoms with Crippen LogP contribution >= 0.6 is 33.3 Å². The molecule has 1 saturated heterocycles. The number of nitrogens with zero attached hydrogens (tertiary/aromatic N) is 1. The van der Waals surface area contributed by atoms with Gasteiger partial charge in [0.1, 0.15) is 36.3 Å². The molecule has 0 radical (unpaired) electrons. The van der Waals surface area contributed by atoms with E-state index in [0.717, 1.165) is 21.6 Å². The smallest absolute Gasteiger partial charge is 0.305 e. The molecule has 16 N–H and O–H groups in total. The first-order valence-corrected chi connectivity index (χ1v) is 25.1. The van der Waals surface area contributed by atoms with E-state index >= 15 is 0 Å². The molecule has 1 aliphatic heterocycles. The monoisotopic (exact) mass is 1010 g/mol. The summed E-state index contributed by atoms with van der Waals surface area (Å²) in [5, 5.41) is 32.1. The Bertz CT molecular complexity index is 1960. The van der Waals surface area contributed by atoms with Crippen LogP contribution < -0.4 is 65.1 Å². The summed E-state index contributed by atoms with van der Waals surface area (Å²) in [6, 6.07) is -0.0728. The highest BCUT2D eigenvalue weighted by Gasteiger charge is 2.34. The average molecular weight is 1010 g/mol. The molecular weight excluding hydrogens is 951 g/mol. The van der Waals surface area contributed by atoms with Gasteiger partial charge in [0.2, 0.25) is 59.1 Å². The first-order valence-electron chi connectivity index (χ1n) is 21.2. The maximum absolute atomic E-state index is 14.1. The Labute approximate surface area is 404 Å². The summed E-state index contributed by atoms with van der Waals surface area (Å²) in [6.45, 7) is 0.343. The van der Waals surface area contributed by atoms with Crippen molar-refractivity contribution in [3.05, 3.63) is 35.9 Å². The summed E-state index contributed by atoms with van der Waals surface area (Å²) in [5.41, 5.74) is 16.7. The Morgan fingerprint density at radius 3 is 2.19 bits per heavy atom. The highest BCUT2D eigenvalue weighted by atomic mass is 33.1. The van der Waals surface area contributed by atoms with Crippen molar-refractivity contribution in [1.29, 1.82) is 0 Å². The van der Waals surface area contributed by atoms with E-state index in [-0.39, 0.29) is 61.4 Å². The molecule has 1 aliphatic rings. The van der Waals surface area contributed by atoms with Gasteiger partial charge in [0, 0.05) is 37.9 Å². The molecule has 68 heavy (non-hydrogen) atoms. The third kappa shape index (κ3) is 23.9. The van der Waals surface area contributed by atoms with Crippen molar-refractivity contribution in [1.82, 2.24) is 47.9 Å². The van der Waals surface area contributed by atoms with Gasteiger partial charge < -0.3 is 70.2 Å². The van der Waals surface area contributed by atoms with Crippen LogP contribution in [0.1, 0.15) is 51.0 Å². The van der Waals surface area contributed by atoms with Crippen LogP contribution in [0.3, 0.4) is 0 Å². The highest BCUT2D eigenvalue weighted by molar-refractivity contribution is 8.76. The number of unbranched alkanes of at least 4 members (excludes halogenated alkanes) is 1. The first kappa shape index (κ1) is 57.8. The van der Waals surface area contributed by atoms with Gasteiger partial charge in [0.15, 0.2) is 5.96 Å². The Morgan fingerprint density at radius 2 is 1.54 bits per heavy atom. The lowest BCUT2D eigenvalue weighted by molar-refractivity contribution is -0.141. The predicted octanol–water partition coefficient (Wildman–Crippen LogP) is -4.55. The van der Waals surface area contributed by atoms with Crippen molar-refractivity contribution in [3.63, 3.8) is 0 Å². The van der Waals surface area contributed by atoms with E-state index in [1.807, 2.05) is 0 Å². The first-order chi connectivity index (χ1) is 32.3. The Hall–Kier alpha value is -6.29. The topological polar surface area (TPSA) is 407 Å². The van der Waals surface area contributed by atoms with Crippen LogP contribution in [0, 0.1) is 0 Å². The van der Waals surface area contributed by atoms with Gasteiger partial charge in [-0.15, -0.1) is 0 Å². The number of carbonyl (C=O) groups excluding carboxylic acids is 10. The van der Waals surface area contributed by atoms with Crippen molar-refractivity contribution >= 4 is 104 Å². The maximum atomic E-state index is 14.1. The summed E-state index contributed by atoms with van der Waals surface area (Å²) >= 11 is 1.21. The van der Waals surface area contributed by atoms with E-state index in [4.69, 9.17) is 17.2 Å². The second-order valence-corrected chi connectivity index (χ2v) is 18.5. The van der Waals surface area contributed by atoms with Crippen LogP contribution in [0.25, 0.3) is 0 Å². The van der Waals surface area contributed by atoms with Gasteiger partial charge in [-0.2, -0.15) is 11.8 Å². The molecule has 1 fully saturated rings. The van der Waals surface area contributed by atoms with Crippen LogP contribution in [-0.4, -0.2) is 162 Å². The second kappa shape index (κ2) is 31.6. The van der Waals surface area contributed by atoms with Gasteiger partial charge in [-0.05, 0) is 43.9 Å². The summed E-state index contributed by atoms with van der Waals surface area (Å²) < 4.78 is 0. The standard InChI is InChI=1S/C40H61N13O12S3/c1-22(54)44-13-7-6-11-25(48-32(57)21-66-2)36(62)52-28-19-67-68-20-29(39(65)51-26(35(61)46-17-30(41)55)15-23-9-4-3-5-10-23)53-37(63)27(16-33(58)59)49-31(56)18-47-34(60)24(50-38(28)64)12-8-14-45-40(42)43/h3-5,9-10,24-29H,6-8,11-21H2,1-2H3,(H2,41,55)(H,44,54)(H,46,61)(H,47,60)(H,48,57)(H,49,56)(H,50,64)(H,51,65)(H,52,62)(H,53,63)(H,58,59)(H4,42,43,45)/t24-,25-,26-,27-,28-,29-/m0/s1. The zero-order valence-corrected chi connectivity index (χ0v) is 40.0. The van der Waals surface area contributed by atoms with Crippen molar-refractivity contribution < 1.29 is 57.8 Å². The molecule has 25 nitrogen and oxygen atoms in total. The predicted molar refractivity (Wildman–Crippen MR) is 255 cm³/mol. The number of guanidine groups is 1. The van der Waals surface area contributed by atoms with Crippen LogP contribution in [0.2, 0.25) is 0 Å². The molecule has 6 atom stereocenters. The van der Waals surface area contributed by atoms with Gasteiger partial charge in [-0.25, -0.2) is 0 Å². The van der Waals surface area contributed by atoms with Gasteiger partial charge in [0.05, 0.1) is 25.3 Å². The number of carboxylic acid groups (broad SMARTS) is 1. The molecule has 10 amide bonds. The molecule has 0 bridgehead atoms. The minimum Gasteiger partial charge on any atom is -0.481 e. The van der Waals surface area contributed by atoms with Gasteiger partial charge in [-0.1, -0.05) is 51.9 Å². The number of carbonyl (C=O) groups is 11. The highest BCUT2D eigenvalue weighted by Crippen LogP contribution is 2.24. The third-order valence-corrected chi connectivity index (χ3v) is 12.4. The number of benzene rings is 1. The third-order valence-electron chi connectivity index (χ3n) is 9.42. The summed E-state index contributed by atoms with van der Waals surface area (Å²) in [4.78, 5) is 147. The Balaban J connectivity index is 2.57. The van der Waals surface area contributed by atoms with E-state index in [1.165, 1.54) is 18.7 Å². The number of carboxylic acids is 1. The number of thioether (sulfide) groups is 1. The van der Waals surface area contributed by atoms with E-state index in [9.17, 15) is 57.8 Å². The fourth-order valence-corrected chi connectivity index (χ4v) is 8.78. The van der Waals surface area contributed by atoms with E-state index in [0.29, 0.717) is 24.9 Å². The maximum Gasteiger partial charge on any atom is 0.305 e. The lowest BCUT2D eigenvalue weighted by atomic mass is 10.0. The minimum absolute atomic E-state index is 0.0220. The SMILES string of the molecule is CSCC(=O)N[C@@H](CCCCNC(C)=O)C(=O)N[C@H]1CSSC[C@@H](C(=O)N[C@@H](Cc2ccccc2)C(=O)NCC(N)=O)NC(=O)[C@H](CC(=O)O)NC(=O)CNC(=O)[C@H](CCCN=C(N)N)NC1=O. The molecule has 1 aromatic carbocycles. The zero-order valence-electron chi connectivity index (χ0n) is 37.6. The summed E-state index contributed by atoms with van der Waals surface area (Å²) in [5.74, 6) is -10.2. The van der Waals surface area contributed by atoms with Crippen molar-refractivity contribution in [2.45, 2.75) is 88.1 Å². The molecule has 0 aromatic heterocycles. The minimum atomic E-state index is -1.77. The van der Waals surface area contributed by atoms with Gasteiger partial charge in [-0.3, -0.25) is 57.7 Å².